The van der Waals surface area contributed by atoms with E-state index in [4.69, 9.17) is 4.74 Å². The molecule has 0 saturated carbocycles. The number of aliphatic hydroxyl groups excluding tert-OH is 1. The van der Waals surface area contributed by atoms with Gasteiger partial charge in [-0.2, -0.15) is 0 Å². The van der Waals surface area contributed by atoms with Gasteiger partial charge in [0.2, 0.25) is 0 Å². The van der Waals surface area contributed by atoms with Crippen molar-refractivity contribution >= 4 is 0 Å². The van der Waals surface area contributed by atoms with E-state index in [2.05, 4.69) is 12.2 Å². The van der Waals surface area contributed by atoms with Gasteiger partial charge in [-0.3, -0.25) is 0 Å². The minimum absolute atomic E-state index is 0.110. The van der Waals surface area contributed by atoms with Crippen LogP contribution in [0.1, 0.15) is 31.9 Å². The van der Waals surface area contributed by atoms with Crippen LogP contribution in [0, 0.1) is 0 Å². The highest BCUT2D eigenvalue weighted by molar-refractivity contribution is 5.29. The molecule has 0 radical (unpaired) electrons. The number of methoxy groups -OCH3 is 1. The van der Waals surface area contributed by atoms with E-state index in [0.717, 1.165) is 24.3 Å². The standard InChI is InChI=1S/C13H21NO2/c1-4-12(14-5-2)13(15)10-6-8-11(16-3)9-7-10/h6-9,12-15H,4-5H2,1-3H3. The van der Waals surface area contributed by atoms with Crippen LogP contribution in [0.4, 0.5) is 0 Å². The lowest BCUT2D eigenvalue weighted by atomic mass is 10.0. The van der Waals surface area contributed by atoms with Crippen LogP contribution < -0.4 is 10.1 Å². The Morgan fingerprint density at radius 2 is 1.88 bits per heavy atom. The third-order valence-electron chi connectivity index (χ3n) is 2.74. The molecule has 90 valence electrons. The van der Waals surface area contributed by atoms with E-state index in [0.29, 0.717) is 0 Å². The van der Waals surface area contributed by atoms with Gasteiger partial charge < -0.3 is 15.2 Å². The molecule has 0 amide bonds. The first-order valence-electron chi connectivity index (χ1n) is 5.78. The van der Waals surface area contributed by atoms with Crippen LogP contribution in [0.15, 0.2) is 24.3 Å². The maximum absolute atomic E-state index is 10.2. The SMILES string of the molecule is CCNC(CC)C(O)c1ccc(OC)cc1. The van der Waals surface area contributed by atoms with Crippen molar-refractivity contribution in [1.82, 2.24) is 5.32 Å². The van der Waals surface area contributed by atoms with Crippen molar-refractivity contribution in [3.05, 3.63) is 29.8 Å². The van der Waals surface area contributed by atoms with Gasteiger partial charge >= 0.3 is 0 Å². The number of hydrogen-bond acceptors (Lipinski definition) is 3. The van der Waals surface area contributed by atoms with E-state index in [1.807, 2.05) is 31.2 Å². The Morgan fingerprint density at radius 3 is 2.31 bits per heavy atom. The average molecular weight is 223 g/mol. The van der Waals surface area contributed by atoms with E-state index in [1.54, 1.807) is 7.11 Å². The third kappa shape index (κ3) is 3.22. The summed E-state index contributed by atoms with van der Waals surface area (Å²) in [4.78, 5) is 0. The zero-order chi connectivity index (χ0) is 12.0. The van der Waals surface area contributed by atoms with E-state index in [-0.39, 0.29) is 6.04 Å². The first-order chi connectivity index (χ1) is 7.72. The normalized spacial score (nSPS) is 14.5. The summed E-state index contributed by atoms with van der Waals surface area (Å²) in [6.07, 6.45) is 0.442. The van der Waals surface area contributed by atoms with Crippen molar-refractivity contribution in [2.75, 3.05) is 13.7 Å². The van der Waals surface area contributed by atoms with Gasteiger partial charge in [0.05, 0.1) is 13.2 Å². The number of nitrogens with one attached hydrogen (secondary N) is 1. The number of aliphatic hydroxyl groups is 1. The number of rotatable bonds is 6. The number of hydrogen-bond donors (Lipinski definition) is 2. The molecule has 1 rings (SSSR count). The smallest absolute Gasteiger partial charge is 0.118 e. The molecule has 0 saturated heterocycles. The maximum Gasteiger partial charge on any atom is 0.118 e. The van der Waals surface area contributed by atoms with Crippen molar-refractivity contribution in [3.8, 4) is 5.75 Å². The lowest BCUT2D eigenvalue weighted by Crippen LogP contribution is -2.34. The van der Waals surface area contributed by atoms with Crippen LogP contribution in [-0.4, -0.2) is 24.8 Å². The van der Waals surface area contributed by atoms with E-state index >= 15 is 0 Å². The molecule has 16 heavy (non-hydrogen) atoms. The van der Waals surface area contributed by atoms with Gasteiger partial charge in [-0.05, 0) is 30.7 Å². The highest BCUT2D eigenvalue weighted by atomic mass is 16.5. The fourth-order valence-electron chi connectivity index (χ4n) is 1.77. The molecule has 0 fully saturated rings. The van der Waals surface area contributed by atoms with Gasteiger partial charge in [0, 0.05) is 6.04 Å². The van der Waals surface area contributed by atoms with Crippen LogP contribution in [0.5, 0.6) is 5.75 Å². The molecule has 2 unspecified atom stereocenters. The molecule has 0 spiro atoms. The molecule has 1 aromatic rings. The topological polar surface area (TPSA) is 41.5 Å². The van der Waals surface area contributed by atoms with Crippen molar-refractivity contribution in [2.24, 2.45) is 0 Å². The average Bonchev–Trinajstić information content (AvgIpc) is 2.35. The summed E-state index contributed by atoms with van der Waals surface area (Å²) in [6.45, 7) is 4.98. The van der Waals surface area contributed by atoms with Crippen molar-refractivity contribution in [2.45, 2.75) is 32.4 Å². The molecule has 3 nitrogen and oxygen atoms in total. The Balaban J connectivity index is 2.73. The van der Waals surface area contributed by atoms with Crippen molar-refractivity contribution < 1.29 is 9.84 Å². The zero-order valence-electron chi connectivity index (χ0n) is 10.2. The lowest BCUT2D eigenvalue weighted by molar-refractivity contribution is 0.127. The molecule has 0 aliphatic heterocycles. The van der Waals surface area contributed by atoms with Gasteiger partial charge in [-0.1, -0.05) is 26.0 Å². The van der Waals surface area contributed by atoms with Crippen molar-refractivity contribution in [1.29, 1.82) is 0 Å². The summed E-state index contributed by atoms with van der Waals surface area (Å²) in [6, 6.07) is 7.67. The van der Waals surface area contributed by atoms with Crippen LogP contribution in [0.3, 0.4) is 0 Å². The van der Waals surface area contributed by atoms with Gasteiger partial charge in [0.1, 0.15) is 5.75 Å². The second-order valence-corrected chi connectivity index (χ2v) is 3.79. The van der Waals surface area contributed by atoms with E-state index < -0.39 is 6.10 Å². The van der Waals surface area contributed by atoms with Crippen LogP contribution in [-0.2, 0) is 0 Å². The molecule has 0 aromatic heterocycles. The second kappa shape index (κ2) is 6.51. The summed E-state index contributed by atoms with van der Waals surface area (Å²) in [7, 11) is 1.64. The highest BCUT2D eigenvalue weighted by Crippen LogP contribution is 2.21. The first kappa shape index (κ1) is 13.0. The van der Waals surface area contributed by atoms with Gasteiger partial charge in [0.25, 0.3) is 0 Å². The first-order valence-corrected chi connectivity index (χ1v) is 5.78. The quantitative estimate of drug-likeness (QED) is 0.776. The molecule has 3 heteroatoms. The third-order valence-corrected chi connectivity index (χ3v) is 2.74. The largest absolute Gasteiger partial charge is 0.497 e. The Bertz CT molecular complexity index is 297. The predicted octanol–water partition coefficient (Wildman–Crippen LogP) is 2.12. The Hall–Kier alpha value is -1.06. The molecule has 0 bridgehead atoms. The molecule has 0 aliphatic rings. The summed E-state index contributed by atoms with van der Waals surface area (Å²) in [5, 5.41) is 13.4. The molecule has 2 N–H and O–H groups in total. The maximum atomic E-state index is 10.2. The van der Waals surface area contributed by atoms with E-state index in [1.165, 1.54) is 0 Å². The van der Waals surface area contributed by atoms with Crippen LogP contribution in [0.25, 0.3) is 0 Å². The monoisotopic (exact) mass is 223 g/mol. The fourth-order valence-corrected chi connectivity index (χ4v) is 1.77. The van der Waals surface area contributed by atoms with Gasteiger partial charge in [-0.15, -0.1) is 0 Å². The summed E-state index contributed by atoms with van der Waals surface area (Å²) in [5.41, 5.74) is 0.925. The molecule has 1 aromatic carbocycles. The number of likely N-dealkylation sites (N-methyl/N-ethyl adjacent to an activating group) is 1. The van der Waals surface area contributed by atoms with Crippen molar-refractivity contribution in [3.63, 3.8) is 0 Å². The highest BCUT2D eigenvalue weighted by Gasteiger charge is 2.17. The fraction of sp³-hybridized carbons (Fsp3) is 0.538. The molecular weight excluding hydrogens is 202 g/mol. The Morgan fingerprint density at radius 1 is 1.25 bits per heavy atom. The Kier molecular flexibility index (Phi) is 5.29. The zero-order valence-corrected chi connectivity index (χ0v) is 10.2. The minimum Gasteiger partial charge on any atom is -0.497 e. The molecule has 2 atom stereocenters. The number of benzene rings is 1. The number of ether oxygens (including phenoxy) is 1. The summed E-state index contributed by atoms with van der Waals surface area (Å²) < 4.78 is 5.09. The lowest BCUT2D eigenvalue weighted by Gasteiger charge is -2.22. The van der Waals surface area contributed by atoms with E-state index in [9.17, 15) is 5.11 Å². The summed E-state index contributed by atoms with van der Waals surface area (Å²) >= 11 is 0. The second-order valence-electron chi connectivity index (χ2n) is 3.79. The predicted molar refractivity (Wildman–Crippen MR) is 65.7 cm³/mol. The molecule has 0 heterocycles. The Labute approximate surface area is 97.4 Å². The minimum atomic E-state index is -0.462. The molecule has 0 aliphatic carbocycles. The van der Waals surface area contributed by atoms with Crippen LogP contribution >= 0.6 is 0 Å². The summed E-state index contributed by atoms with van der Waals surface area (Å²) in [5.74, 6) is 0.812. The van der Waals surface area contributed by atoms with Crippen LogP contribution in [0.2, 0.25) is 0 Å². The molecular formula is C13H21NO2. The van der Waals surface area contributed by atoms with Gasteiger partial charge in [-0.25, -0.2) is 0 Å². The van der Waals surface area contributed by atoms with Gasteiger partial charge in [0.15, 0.2) is 0 Å².